The number of carboxylic acids is 1. The van der Waals surface area contributed by atoms with Gasteiger partial charge in [-0.15, -0.1) is 0 Å². The van der Waals surface area contributed by atoms with Crippen LogP contribution in [0.2, 0.25) is 10.4 Å². The summed E-state index contributed by atoms with van der Waals surface area (Å²) in [6.45, 7) is 0. The maximum Gasteiger partial charge on any atom is 0.358 e. The lowest BCUT2D eigenvalue weighted by Crippen LogP contribution is -2.05. The van der Waals surface area contributed by atoms with E-state index in [1.54, 1.807) is 0 Å². The second kappa shape index (κ2) is 3.76. The molecule has 0 atom stereocenters. The number of halogens is 2. The number of aromatic carboxylic acids is 1. The molecule has 0 aromatic carbocycles. The fourth-order valence-corrected chi connectivity index (χ4v) is 1.18. The first-order chi connectivity index (χ1) is 6.06. The maximum atomic E-state index is 10.6. The van der Waals surface area contributed by atoms with Gasteiger partial charge < -0.3 is 9.84 Å². The molecule has 1 rings (SSSR count). The number of hydrogen-bond acceptors (Lipinski definition) is 4. The molecule has 70 valence electrons. The van der Waals surface area contributed by atoms with E-state index in [2.05, 4.69) is 9.97 Å². The van der Waals surface area contributed by atoms with Crippen molar-refractivity contribution < 1.29 is 14.6 Å². The zero-order chi connectivity index (χ0) is 10.0. The first-order valence-corrected chi connectivity index (χ1v) is 3.82. The molecule has 1 aromatic rings. The fraction of sp³-hybridized carbons (Fsp3) is 0.167. The first-order valence-electron chi connectivity index (χ1n) is 3.06. The highest BCUT2D eigenvalue weighted by Gasteiger charge is 2.18. The van der Waals surface area contributed by atoms with Crippen molar-refractivity contribution in [3.63, 3.8) is 0 Å². The van der Waals surface area contributed by atoms with Gasteiger partial charge in [-0.1, -0.05) is 11.6 Å². The number of hydrogen-bond donors (Lipinski definition) is 1. The molecule has 0 aliphatic carbocycles. The van der Waals surface area contributed by atoms with Crippen molar-refractivity contribution >= 4 is 29.2 Å². The van der Waals surface area contributed by atoms with Crippen LogP contribution in [0.25, 0.3) is 0 Å². The van der Waals surface area contributed by atoms with Crippen LogP contribution in [0.3, 0.4) is 0 Å². The van der Waals surface area contributed by atoms with Gasteiger partial charge in [-0.3, -0.25) is 0 Å². The molecule has 0 spiro atoms. The van der Waals surface area contributed by atoms with Gasteiger partial charge in [-0.2, -0.15) is 0 Å². The van der Waals surface area contributed by atoms with E-state index >= 15 is 0 Å². The predicted octanol–water partition coefficient (Wildman–Crippen LogP) is 1.49. The molecule has 0 saturated carbocycles. The van der Waals surface area contributed by atoms with Crippen LogP contribution in [0.1, 0.15) is 10.5 Å². The summed E-state index contributed by atoms with van der Waals surface area (Å²) in [6, 6.07) is 0. The Balaban J connectivity index is 3.38. The molecular formula is C6H4Cl2N2O3. The lowest BCUT2D eigenvalue weighted by molar-refractivity contribution is 0.0686. The van der Waals surface area contributed by atoms with Crippen molar-refractivity contribution in [1.82, 2.24) is 9.97 Å². The summed E-state index contributed by atoms with van der Waals surface area (Å²) in [6.07, 6.45) is 0. The molecule has 1 N–H and O–H groups in total. The highest BCUT2D eigenvalue weighted by molar-refractivity contribution is 6.33. The third-order valence-electron chi connectivity index (χ3n) is 1.20. The summed E-state index contributed by atoms with van der Waals surface area (Å²) in [5.74, 6) is -1.37. The van der Waals surface area contributed by atoms with Gasteiger partial charge in [0.15, 0.2) is 16.6 Å². The van der Waals surface area contributed by atoms with E-state index in [4.69, 9.17) is 33.0 Å². The van der Waals surface area contributed by atoms with Crippen LogP contribution >= 0.6 is 23.2 Å². The zero-order valence-electron chi connectivity index (χ0n) is 6.41. The van der Waals surface area contributed by atoms with E-state index in [1.165, 1.54) is 7.11 Å². The highest BCUT2D eigenvalue weighted by Crippen LogP contribution is 2.26. The van der Waals surface area contributed by atoms with Gasteiger partial charge in [0.1, 0.15) is 0 Å². The van der Waals surface area contributed by atoms with E-state index in [-0.39, 0.29) is 21.9 Å². The van der Waals surface area contributed by atoms with Crippen LogP contribution in [0.15, 0.2) is 0 Å². The summed E-state index contributed by atoms with van der Waals surface area (Å²) >= 11 is 11.0. The minimum absolute atomic E-state index is 0.0985. The van der Waals surface area contributed by atoms with Gasteiger partial charge in [0.25, 0.3) is 0 Å². The van der Waals surface area contributed by atoms with Crippen LogP contribution in [-0.4, -0.2) is 28.2 Å². The Morgan fingerprint density at radius 1 is 1.46 bits per heavy atom. The summed E-state index contributed by atoms with van der Waals surface area (Å²) in [5, 5.41) is 8.30. The van der Waals surface area contributed by atoms with Crippen molar-refractivity contribution in [2.75, 3.05) is 7.11 Å². The van der Waals surface area contributed by atoms with E-state index in [1.807, 2.05) is 0 Å². The molecular weight excluding hydrogens is 219 g/mol. The molecule has 7 heteroatoms. The molecule has 0 saturated heterocycles. The topological polar surface area (TPSA) is 72.3 Å². The van der Waals surface area contributed by atoms with Crippen molar-refractivity contribution in [2.24, 2.45) is 0 Å². The quantitative estimate of drug-likeness (QED) is 0.607. The number of carbonyl (C=O) groups is 1. The highest BCUT2D eigenvalue weighted by atomic mass is 35.5. The van der Waals surface area contributed by atoms with E-state index < -0.39 is 5.97 Å². The number of ether oxygens (including phenoxy) is 1. The smallest absolute Gasteiger partial charge is 0.358 e. The van der Waals surface area contributed by atoms with Gasteiger partial charge in [-0.25, -0.2) is 14.8 Å². The normalized spacial score (nSPS) is 9.77. The average molecular weight is 223 g/mol. The summed E-state index contributed by atoms with van der Waals surface area (Å²) in [7, 11) is 1.27. The average Bonchev–Trinajstić information content (AvgIpc) is 2.02. The Morgan fingerprint density at radius 3 is 2.54 bits per heavy atom. The van der Waals surface area contributed by atoms with Crippen molar-refractivity contribution in [2.45, 2.75) is 0 Å². The van der Waals surface area contributed by atoms with E-state index in [9.17, 15) is 4.79 Å². The molecule has 1 heterocycles. The van der Waals surface area contributed by atoms with Gasteiger partial charge in [0.05, 0.1) is 7.11 Å². The lowest BCUT2D eigenvalue weighted by atomic mass is 10.4. The standard InChI is InChI=1S/C6H4Cl2N2O3/c1-13-3-2(5(11)12)9-6(8)10-4(3)7/h1H3,(H,11,12). The van der Waals surface area contributed by atoms with Gasteiger partial charge in [0, 0.05) is 0 Å². The number of rotatable bonds is 2. The van der Waals surface area contributed by atoms with Crippen molar-refractivity contribution in [3.8, 4) is 5.75 Å². The number of nitrogens with zero attached hydrogens (tertiary/aromatic N) is 2. The van der Waals surface area contributed by atoms with Crippen LogP contribution in [0.4, 0.5) is 0 Å². The predicted molar refractivity (Wildman–Crippen MR) is 45.6 cm³/mol. The summed E-state index contributed by atoms with van der Waals surface area (Å²) in [5.41, 5.74) is -0.354. The summed E-state index contributed by atoms with van der Waals surface area (Å²) in [4.78, 5) is 17.6. The van der Waals surface area contributed by atoms with Gasteiger partial charge in [0.2, 0.25) is 5.28 Å². The lowest BCUT2D eigenvalue weighted by Gasteiger charge is -2.04. The Morgan fingerprint density at radius 2 is 2.08 bits per heavy atom. The largest absolute Gasteiger partial charge is 0.491 e. The molecule has 0 aliphatic heterocycles. The third kappa shape index (κ3) is 1.99. The molecule has 0 radical (unpaired) electrons. The Labute approximate surface area is 83.3 Å². The molecule has 5 nitrogen and oxygen atoms in total. The van der Waals surface area contributed by atoms with E-state index in [0.717, 1.165) is 0 Å². The minimum Gasteiger partial charge on any atom is -0.491 e. The zero-order valence-corrected chi connectivity index (χ0v) is 7.93. The van der Waals surface area contributed by atoms with E-state index in [0.29, 0.717) is 0 Å². The number of aromatic nitrogens is 2. The first kappa shape index (κ1) is 10.0. The van der Waals surface area contributed by atoms with Gasteiger partial charge >= 0.3 is 5.97 Å². The molecule has 0 unspecified atom stereocenters. The van der Waals surface area contributed by atoms with Crippen LogP contribution in [0, 0.1) is 0 Å². The summed E-state index contributed by atoms with van der Waals surface area (Å²) < 4.78 is 4.70. The molecule has 0 aliphatic rings. The van der Waals surface area contributed by atoms with Crippen LogP contribution in [-0.2, 0) is 0 Å². The Kier molecular flexibility index (Phi) is 2.90. The Hall–Kier alpha value is -1.07. The van der Waals surface area contributed by atoms with Crippen LogP contribution in [0.5, 0.6) is 5.75 Å². The Bertz CT molecular complexity index is 356. The molecule has 13 heavy (non-hydrogen) atoms. The molecule has 0 bridgehead atoms. The molecule has 1 aromatic heterocycles. The van der Waals surface area contributed by atoms with Crippen LogP contribution < -0.4 is 4.74 Å². The molecule has 0 amide bonds. The van der Waals surface area contributed by atoms with Gasteiger partial charge in [-0.05, 0) is 11.6 Å². The second-order valence-electron chi connectivity index (χ2n) is 1.97. The number of carboxylic acid groups (broad SMARTS) is 1. The number of methoxy groups -OCH3 is 1. The maximum absolute atomic E-state index is 10.6. The third-order valence-corrected chi connectivity index (χ3v) is 1.63. The second-order valence-corrected chi connectivity index (χ2v) is 2.67. The fourth-order valence-electron chi connectivity index (χ4n) is 0.723. The minimum atomic E-state index is -1.27. The van der Waals surface area contributed by atoms with Crippen molar-refractivity contribution in [3.05, 3.63) is 16.1 Å². The molecule has 0 fully saturated rings. The SMILES string of the molecule is COc1c(Cl)nc(Cl)nc1C(=O)O. The monoisotopic (exact) mass is 222 g/mol. The van der Waals surface area contributed by atoms with Crippen molar-refractivity contribution in [1.29, 1.82) is 0 Å².